The number of esters is 2. The second-order valence-electron chi connectivity index (χ2n) is 9.94. The minimum absolute atomic E-state index is 0.134. The maximum Gasteiger partial charge on any atom is 0.320 e. The van der Waals surface area contributed by atoms with Crippen molar-refractivity contribution in [3.63, 3.8) is 0 Å². The van der Waals surface area contributed by atoms with Gasteiger partial charge in [-0.2, -0.15) is 0 Å². The summed E-state index contributed by atoms with van der Waals surface area (Å²) in [6.07, 6.45) is 19.9. The Morgan fingerprint density at radius 2 is 1.39 bits per heavy atom. The Balaban J connectivity index is 4.29. The number of nitrogens with zero attached hydrogens (tertiary/aromatic N) is 1. The van der Waals surface area contributed by atoms with Crippen molar-refractivity contribution in [2.45, 2.75) is 134 Å². The largest absolute Gasteiger partial charge is 0.469 e. The van der Waals surface area contributed by atoms with Gasteiger partial charge in [-0.05, 0) is 32.9 Å². The van der Waals surface area contributed by atoms with E-state index in [0.29, 0.717) is 6.42 Å². The average Bonchev–Trinajstić information content (AvgIpc) is 2.86. The van der Waals surface area contributed by atoms with E-state index in [1.807, 2.05) is 11.9 Å². The molecule has 0 rings (SSSR count). The number of unbranched alkanes of at least 4 members (excludes halogenated alkanes) is 12. The Bertz CT molecular complexity index is 572. The van der Waals surface area contributed by atoms with Crippen LogP contribution in [0, 0.1) is 0 Å². The highest BCUT2D eigenvalue weighted by molar-refractivity contribution is 9.09. The SMILES string of the molecule is CCCCCCCCCCCCCN(C)CC(=O)OC(CCCCC)C(O)C(Br)/C=C/CC(=O)OC. The number of aliphatic hydroxyl groups excluding tert-OH is 1. The van der Waals surface area contributed by atoms with Crippen LogP contribution in [0.5, 0.6) is 0 Å². The van der Waals surface area contributed by atoms with Gasteiger partial charge in [0.1, 0.15) is 12.2 Å². The van der Waals surface area contributed by atoms with E-state index in [1.54, 1.807) is 12.2 Å². The molecule has 7 heteroatoms. The van der Waals surface area contributed by atoms with Gasteiger partial charge in [0.15, 0.2) is 0 Å². The molecule has 0 saturated carbocycles. The van der Waals surface area contributed by atoms with Gasteiger partial charge in [0.25, 0.3) is 0 Å². The number of ether oxygens (including phenoxy) is 2. The lowest BCUT2D eigenvalue weighted by molar-refractivity contribution is -0.156. The topological polar surface area (TPSA) is 76.1 Å². The molecule has 36 heavy (non-hydrogen) atoms. The van der Waals surface area contributed by atoms with Crippen molar-refractivity contribution in [2.24, 2.45) is 0 Å². The Kier molecular flexibility index (Phi) is 23.8. The standard InChI is InChI=1S/C29H54BrNO5/c1-5-7-9-10-11-12-13-14-15-16-18-23-31(3)24-28(33)36-26(21-17-8-6-2)29(34)25(30)20-19-22-27(32)35-4/h19-20,25-26,29,34H,5-18,21-24H2,1-4H3/b20-19+. The number of alkyl halides is 1. The van der Waals surface area contributed by atoms with Gasteiger partial charge in [0, 0.05) is 0 Å². The number of carbonyl (C=O) groups excluding carboxylic acids is 2. The number of halogens is 1. The molecule has 0 aromatic rings. The van der Waals surface area contributed by atoms with Crippen molar-refractivity contribution < 1.29 is 24.2 Å². The molecule has 6 nitrogen and oxygen atoms in total. The monoisotopic (exact) mass is 575 g/mol. The van der Waals surface area contributed by atoms with Crippen LogP contribution in [0.4, 0.5) is 0 Å². The lowest BCUT2D eigenvalue weighted by Gasteiger charge is -2.26. The van der Waals surface area contributed by atoms with E-state index in [2.05, 4.69) is 34.5 Å². The van der Waals surface area contributed by atoms with Crippen LogP contribution in [0.3, 0.4) is 0 Å². The van der Waals surface area contributed by atoms with Gasteiger partial charge in [-0.1, -0.05) is 119 Å². The molecule has 0 aliphatic heterocycles. The second-order valence-corrected chi connectivity index (χ2v) is 11.0. The fraction of sp³-hybridized carbons (Fsp3) is 0.862. The minimum atomic E-state index is -0.892. The minimum Gasteiger partial charge on any atom is -0.469 e. The predicted octanol–water partition coefficient (Wildman–Crippen LogP) is 6.97. The maximum atomic E-state index is 12.6. The molecule has 3 atom stereocenters. The third-order valence-electron chi connectivity index (χ3n) is 6.46. The molecule has 0 aliphatic carbocycles. The van der Waals surface area contributed by atoms with Crippen molar-refractivity contribution in [1.82, 2.24) is 4.90 Å². The molecule has 0 spiro atoms. The first-order chi connectivity index (χ1) is 17.3. The van der Waals surface area contributed by atoms with Gasteiger partial charge in [-0.15, -0.1) is 0 Å². The van der Waals surface area contributed by atoms with Crippen molar-refractivity contribution in [3.05, 3.63) is 12.2 Å². The van der Waals surface area contributed by atoms with Crippen LogP contribution in [-0.4, -0.2) is 66.2 Å². The molecule has 0 fully saturated rings. The molecule has 0 bridgehead atoms. The number of rotatable bonds is 24. The zero-order valence-electron chi connectivity index (χ0n) is 23.5. The molecule has 0 aromatic heterocycles. The number of hydrogen-bond acceptors (Lipinski definition) is 6. The van der Waals surface area contributed by atoms with Crippen LogP contribution in [0.2, 0.25) is 0 Å². The molecule has 0 aliphatic rings. The van der Waals surface area contributed by atoms with Gasteiger partial charge in [0.2, 0.25) is 0 Å². The molecule has 0 aromatic carbocycles. The molecule has 0 saturated heterocycles. The summed E-state index contributed by atoms with van der Waals surface area (Å²) >= 11 is 3.45. The smallest absolute Gasteiger partial charge is 0.320 e. The third-order valence-corrected chi connectivity index (χ3v) is 7.30. The second kappa shape index (κ2) is 24.4. The van der Waals surface area contributed by atoms with Crippen LogP contribution in [0.1, 0.15) is 117 Å². The first-order valence-electron chi connectivity index (χ1n) is 14.3. The molecular formula is C29H54BrNO5. The quantitative estimate of drug-likeness (QED) is 0.0579. The number of methoxy groups -OCH3 is 1. The van der Waals surface area contributed by atoms with Crippen LogP contribution >= 0.6 is 15.9 Å². The molecule has 212 valence electrons. The van der Waals surface area contributed by atoms with Gasteiger partial charge in [0.05, 0.1) is 24.9 Å². The maximum absolute atomic E-state index is 12.6. The van der Waals surface area contributed by atoms with Crippen molar-refractivity contribution >= 4 is 27.9 Å². The highest BCUT2D eigenvalue weighted by Crippen LogP contribution is 2.19. The van der Waals surface area contributed by atoms with E-state index >= 15 is 0 Å². The van der Waals surface area contributed by atoms with Crippen molar-refractivity contribution in [1.29, 1.82) is 0 Å². The average molecular weight is 577 g/mol. The van der Waals surface area contributed by atoms with Crippen molar-refractivity contribution in [2.75, 3.05) is 27.2 Å². The highest BCUT2D eigenvalue weighted by Gasteiger charge is 2.28. The molecule has 0 radical (unpaired) electrons. The highest BCUT2D eigenvalue weighted by atomic mass is 79.9. The first kappa shape index (κ1) is 35.1. The molecule has 3 unspecified atom stereocenters. The lowest BCUT2D eigenvalue weighted by Crippen LogP contribution is -2.39. The normalized spacial score (nSPS) is 14.2. The number of aliphatic hydroxyl groups is 1. The zero-order chi connectivity index (χ0) is 27.0. The van der Waals surface area contributed by atoms with Crippen molar-refractivity contribution in [3.8, 4) is 0 Å². The first-order valence-corrected chi connectivity index (χ1v) is 15.2. The summed E-state index contributed by atoms with van der Waals surface area (Å²) in [6.45, 7) is 5.46. The third kappa shape index (κ3) is 20.2. The summed E-state index contributed by atoms with van der Waals surface area (Å²) < 4.78 is 10.3. The van der Waals surface area contributed by atoms with E-state index < -0.39 is 17.0 Å². The molecule has 0 amide bonds. The fourth-order valence-corrected chi connectivity index (χ4v) is 4.70. The van der Waals surface area contributed by atoms with Crippen LogP contribution < -0.4 is 0 Å². The van der Waals surface area contributed by atoms with E-state index in [9.17, 15) is 14.7 Å². The summed E-state index contributed by atoms with van der Waals surface area (Å²) in [6, 6.07) is 0. The predicted molar refractivity (Wildman–Crippen MR) is 152 cm³/mol. The Morgan fingerprint density at radius 1 is 0.861 bits per heavy atom. The van der Waals surface area contributed by atoms with Gasteiger partial charge in [-0.3, -0.25) is 14.5 Å². The lowest BCUT2D eigenvalue weighted by atomic mass is 10.0. The van der Waals surface area contributed by atoms with E-state index in [1.165, 1.54) is 71.3 Å². The summed E-state index contributed by atoms with van der Waals surface area (Å²) in [7, 11) is 3.29. The van der Waals surface area contributed by atoms with Gasteiger partial charge in [-0.25, -0.2) is 0 Å². The summed E-state index contributed by atoms with van der Waals surface area (Å²) in [5, 5.41) is 10.8. The van der Waals surface area contributed by atoms with E-state index in [0.717, 1.165) is 32.2 Å². The molecular weight excluding hydrogens is 522 g/mol. The van der Waals surface area contributed by atoms with Crippen LogP contribution in [-0.2, 0) is 19.1 Å². The zero-order valence-corrected chi connectivity index (χ0v) is 25.1. The Labute approximate surface area is 229 Å². The molecule has 0 heterocycles. The summed E-state index contributed by atoms with van der Waals surface area (Å²) in [5.41, 5.74) is 0. The van der Waals surface area contributed by atoms with Gasteiger partial charge >= 0.3 is 11.9 Å². The van der Waals surface area contributed by atoms with Crippen LogP contribution in [0.25, 0.3) is 0 Å². The number of hydrogen-bond donors (Lipinski definition) is 1. The summed E-state index contributed by atoms with van der Waals surface area (Å²) in [4.78, 5) is 25.5. The summed E-state index contributed by atoms with van der Waals surface area (Å²) in [5.74, 6) is -0.647. The van der Waals surface area contributed by atoms with Crippen LogP contribution in [0.15, 0.2) is 12.2 Å². The number of likely N-dealkylation sites (N-methyl/N-ethyl adjacent to an activating group) is 1. The number of carbonyl (C=O) groups is 2. The molecule has 1 N–H and O–H groups in total. The van der Waals surface area contributed by atoms with E-state index in [4.69, 9.17) is 4.74 Å². The Morgan fingerprint density at radius 3 is 1.94 bits per heavy atom. The fourth-order valence-electron chi connectivity index (χ4n) is 4.14. The Hall–Kier alpha value is -0.920. The van der Waals surface area contributed by atoms with Gasteiger partial charge < -0.3 is 14.6 Å². The van der Waals surface area contributed by atoms with E-state index in [-0.39, 0.29) is 24.9 Å².